The highest BCUT2D eigenvalue weighted by Crippen LogP contribution is 2.42. The molecule has 2 nitrogen and oxygen atoms in total. The van der Waals surface area contributed by atoms with Crippen molar-refractivity contribution in [2.45, 2.75) is 64.3 Å². The molecule has 0 amide bonds. The summed E-state index contributed by atoms with van der Waals surface area (Å²) < 4.78 is 39.4. The normalized spacial score (nSPS) is 12.8. The van der Waals surface area contributed by atoms with E-state index in [2.05, 4.69) is 20.8 Å². The molecule has 0 spiro atoms. The van der Waals surface area contributed by atoms with Crippen LogP contribution in [0, 0.1) is 11.6 Å². The van der Waals surface area contributed by atoms with Crippen LogP contribution in [0.2, 0.25) is 28.2 Å². The summed E-state index contributed by atoms with van der Waals surface area (Å²) in [4.78, 5) is 0. The maximum absolute atomic E-state index is 13.5. The summed E-state index contributed by atoms with van der Waals surface area (Å²) >= 11 is 12.7. The van der Waals surface area contributed by atoms with E-state index in [-0.39, 0.29) is 6.10 Å². The Balaban J connectivity index is 2.32. The third-order valence-corrected chi connectivity index (χ3v) is 11.0. The highest BCUT2D eigenvalue weighted by molar-refractivity contribution is 6.73. The van der Waals surface area contributed by atoms with Crippen LogP contribution in [-0.2, 0) is 10.8 Å². The van der Waals surface area contributed by atoms with E-state index >= 15 is 0 Å². The highest BCUT2D eigenvalue weighted by atomic mass is 35.5. The Hall–Kier alpha value is -1.14. The first-order valence-corrected chi connectivity index (χ1v) is 13.7. The van der Waals surface area contributed by atoms with Gasteiger partial charge in [0.05, 0.1) is 18.2 Å². The lowest BCUT2D eigenvalue weighted by molar-refractivity contribution is 0.172. The topological polar surface area (TPSA) is 18.5 Å². The van der Waals surface area contributed by atoms with Crippen molar-refractivity contribution in [3.05, 3.63) is 63.1 Å². The van der Waals surface area contributed by atoms with Gasteiger partial charge in [-0.1, -0.05) is 44.0 Å². The Bertz CT molecular complexity index is 816. The van der Waals surface area contributed by atoms with E-state index in [1.165, 1.54) is 12.1 Å². The second-order valence-electron chi connectivity index (χ2n) is 7.52. The van der Waals surface area contributed by atoms with Gasteiger partial charge in [-0.15, -0.1) is 0 Å². The molecule has 1 unspecified atom stereocenters. The summed E-state index contributed by atoms with van der Waals surface area (Å²) in [6.07, 6.45) is 1.62. The molecule has 7 heteroatoms. The van der Waals surface area contributed by atoms with Gasteiger partial charge in [-0.3, -0.25) is 0 Å². The molecular formula is C23H30Cl2F2O2Si. The van der Waals surface area contributed by atoms with Crippen LogP contribution >= 0.6 is 23.2 Å². The molecule has 2 aromatic carbocycles. The first-order chi connectivity index (χ1) is 14.3. The lowest BCUT2D eigenvalue weighted by Crippen LogP contribution is -2.37. The molecule has 0 aliphatic rings. The van der Waals surface area contributed by atoms with E-state index in [4.69, 9.17) is 32.4 Å². The standard InChI is InChI=1S/C23H30Cl2F2O2Si/c1-5-30(6-2,7-3)29-21(23-20(25)13-17(24)14-22(23)28-4)10-8-9-16-11-18(26)15-19(27)12-16/h11-15,21H,5-10H2,1-4H3. The van der Waals surface area contributed by atoms with E-state index < -0.39 is 20.0 Å². The SMILES string of the molecule is CC[Si](CC)(CC)OC(CCCc1cc(F)cc(F)c1)c1c(Cl)cc(Cl)cc1OC. The van der Waals surface area contributed by atoms with Gasteiger partial charge in [-0.05, 0) is 67.2 Å². The van der Waals surface area contributed by atoms with Crippen molar-refractivity contribution in [3.8, 4) is 5.75 Å². The van der Waals surface area contributed by atoms with Crippen molar-refractivity contribution in [3.63, 3.8) is 0 Å². The molecule has 0 heterocycles. The number of halogens is 4. The Kier molecular flexibility index (Phi) is 9.60. The predicted octanol–water partition coefficient (Wildman–Crippen LogP) is 8.37. The Morgan fingerprint density at radius 2 is 1.53 bits per heavy atom. The van der Waals surface area contributed by atoms with Gasteiger partial charge in [0.15, 0.2) is 8.32 Å². The van der Waals surface area contributed by atoms with Crippen LogP contribution < -0.4 is 4.74 Å². The summed E-state index contributed by atoms with van der Waals surface area (Å²) in [7, 11) is -0.364. The van der Waals surface area contributed by atoms with Gasteiger partial charge in [-0.25, -0.2) is 8.78 Å². The van der Waals surface area contributed by atoms with E-state index in [0.717, 1.165) is 29.8 Å². The zero-order valence-corrected chi connectivity index (χ0v) is 20.5. The zero-order chi connectivity index (χ0) is 22.3. The van der Waals surface area contributed by atoms with Crippen LogP contribution in [-0.4, -0.2) is 15.4 Å². The smallest absolute Gasteiger partial charge is 0.192 e. The van der Waals surface area contributed by atoms with Crippen molar-refractivity contribution in [1.82, 2.24) is 0 Å². The molecule has 0 aliphatic heterocycles. The van der Waals surface area contributed by atoms with Gasteiger partial charge in [-0.2, -0.15) is 0 Å². The molecule has 0 fully saturated rings. The fourth-order valence-electron chi connectivity index (χ4n) is 3.85. The van der Waals surface area contributed by atoms with Crippen LogP contribution in [0.5, 0.6) is 5.75 Å². The van der Waals surface area contributed by atoms with Crippen molar-refractivity contribution < 1.29 is 17.9 Å². The van der Waals surface area contributed by atoms with E-state index in [1.54, 1.807) is 19.2 Å². The molecule has 0 saturated heterocycles. The fraction of sp³-hybridized carbons (Fsp3) is 0.478. The first-order valence-electron chi connectivity index (χ1n) is 10.4. The second-order valence-corrected chi connectivity index (χ2v) is 13.1. The van der Waals surface area contributed by atoms with Crippen molar-refractivity contribution in [2.24, 2.45) is 0 Å². The lowest BCUT2D eigenvalue weighted by Gasteiger charge is -2.34. The molecule has 0 radical (unpaired) electrons. The highest BCUT2D eigenvalue weighted by Gasteiger charge is 2.34. The Morgan fingerprint density at radius 1 is 0.933 bits per heavy atom. The predicted molar refractivity (Wildman–Crippen MR) is 123 cm³/mol. The van der Waals surface area contributed by atoms with Crippen LogP contribution in [0.15, 0.2) is 30.3 Å². The maximum atomic E-state index is 13.5. The molecule has 0 N–H and O–H groups in total. The van der Waals surface area contributed by atoms with Crippen molar-refractivity contribution >= 4 is 31.5 Å². The number of ether oxygens (including phenoxy) is 1. The first kappa shape index (κ1) is 25.1. The van der Waals surface area contributed by atoms with Crippen LogP contribution in [0.25, 0.3) is 0 Å². The largest absolute Gasteiger partial charge is 0.496 e. The number of rotatable bonds is 11. The molecule has 0 aliphatic carbocycles. The molecular weight excluding hydrogens is 445 g/mol. The van der Waals surface area contributed by atoms with Gasteiger partial charge >= 0.3 is 0 Å². The zero-order valence-electron chi connectivity index (χ0n) is 18.0. The molecule has 1 atom stereocenters. The van der Waals surface area contributed by atoms with Gasteiger partial charge < -0.3 is 9.16 Å². The molecule has 0 bridgehead atoms. The molecule has 0 saturated carbocycles. The van der Waals surface area contributed by atoms with Gasteiger partial charge in [0.2, 0.25) is 0 Å². The minimum atomic E-state index is -1.95. The molecule has 0 aromatic heterocycles. The minimum absolute atomic E-state index is 0.269. The average Bonchev–Trinajstić information content (AvgIpc) is 2.70. The quantitative estimate of drug-likeness (QED) is 0.304. The van der Waals surface area contributed by atoms with Gasteiger partial charge in [0, 0.05) is 16.7 Å². The summed E-state index contributed by atoms with van der Waals surface area (Å²) in [5, 5.41) is 1.01. The lowest BCUT2D eigenvalue weighted by atomic mass is 10.0. The van der Waals surface area contributed by atoms with E-state index in [9.17, 15) is 8.78 Å². The van der Waals surface area contributed by atoms with Crippen molar-refractivity contribution in [1.29, 1.82) is 0 Å². The summed E-state index contributed by atoms with van der Waals surface area (Å²) in [5.74, 6) is -0.523. The van der Waals surface area contributed by atoms with Crippen LogP contribution in [0.1, 0.15) is 50.8 Å². The van der Waals surface area contributed by atoms with Crippen LogP contribution in [0.4, 0.5) is 8.78 Å². The Morgan fingerprint density at radius 3 is 2.07 bits per heavy atom. The monoisotopic (exact) mass is 474 g/mol. The van der Waals surface area contributed by atoms with E-state index in [1.807, 2.05) is 0 Å². The summed E-state index contributed by atoms with van der Waals surface area (Å²) in [6, 6.07) is 10.1. The fourth-order valence-corrected chi connectivity index (χ4v) is 7.29. The third-order valence-electron chi connectivity index (χ3n) is 5.78. The summed E-state index contributed by atoms with van der Waals surface area (Å²) in [6.45, 7) is 6.52. The number of hydrogen-bond acceptors (Lipinski definition) is 2. The number of methoxy groups -OCH3 is 1. The van der Waals surface area contributed by atoms with Gasteiger partial charge in [0.25, 0.3) is 0 Å². The Labute approximate surface area is 189 Å². The average molecular weight is 475 g/mol. The molecule has 2 rings (SSSR count). The maximum Gasteiger partial charge on any atom is 0.192 e. The van der Waals surface area contributed by atoms with E-state index in [0.29, 0.717) is 40.6 Å². The second kappa shape index (κ2) is 11.5. The van der Waals surface area contributed by atoms with Crippen LogP contribution in [0.3, 0.4) is 0 Å². The number of aryl methyl sites for hydroxylation is 1. The molecule has 2 aromatic rings. The number of benzene rings is 2. The van der Waals surface area contributed by atoms with Crippen molar-refractivity contribution in [2.75, 3.05) is 7.11 Å². The molecule has 30 heavy (non-hydrogen) atoms. The summed E-state index contributed by atoms with van der Waals surface area (Å²) in [5.41, 5.74) is 1.42. The third kappa shape index (κ3) is 6.43. The number of hydrogen-bond donors (Lipinski definition) is 0. The van der Waals surface area contributed by atoms with Gasteiger partial charge in [0.1, 0.15) is 17.4 Å². The minimum Gasteiger partial charge on any atom is -0.496 e. The molecule has 166 valence electrons.